The molecule has 0 saturated heterocycles. The fourth-order valence-corrected chi connectivity index (χ4v) is 3.90. The van der Waals surface area contributed by atoms with Crippen LogP contribution in [0.1, 0.15) is 5.76 Å². The van der Waals surface area contributed by atoms with E-state index in [1.165, 1.54) is 27.5 Å². The minimum absolute atomic E-state index is 0.0113. The minimum Gasteiger partial charge on any atom is -0.468 e. The molecule has 0 amide bonds. The van der Waals surface area contributed by atoms with Gasteiger partial charge in [0.2, 0.25) is 10.0 Å². The van der Waals surface area contributed by atoms with Crippen molar-refractivity contribution in [1.82, 2.24) is 13.9 Å². The summed E-state index contributed by atoms with van der Waals surface area (Å²) in [7, 11) is -0.669. The Balaban J connectivity index is 2.06. The lowest BCUT2D eigenvalue weighted by Crippen LogP contribution is -2.23. The summed E-state index contributed by atoms with van der Waals surface area (Å²) in [5.41, 5.74) is 0.793. The molecule has 0 saturated carbocycles. The first-order valence-electron chi connectivity index (χ1n) is 6.68. The van der Waals surface area contributed by atoms with Crippen LogP contribution < -0.4 is 10.4 Å². The number of halogens is 1. The molecule has 2 heterocycles. The average molecular weight is 356 g/mol. The topological polar surface area (TPSA) is 86.2 Å². The van der Waals surface area contributed by atoms with E-state index >= 15 is 0 Å². The zero-order chi connectivity index (χ0) is 16.8. The molecule has 0 spiro atoms. The van der Waals surface area contributed by atoms with Gasteiger partial charge in [-0.15, -0.1) is 0 Å². The van der Waals surface area contributed by atoms with Crippen LogP contribution in [0.25, 0.3) is 11.0 Å². The number of nitrogens with zero attached hydrogens (tertiary/aromatic N) is 2. The molecule has 7 nitrogen and oxygen atoms in total. The highest BCUT2D eigenvalue weighted by Crippen LogP contribution is 2.27. The van der Waals surface area contributed by atoms with Crippen molar-refractivity contribution in [3.63, 3.8) is 0 Å². The van der Waals surface area contributed by atoms with Crippen LogP contribution in [0.4, 0.5) is 0 Å². The standard InChI is InChI=1S/C14H14ClN3O4S/c1-17-11-6-10(15)13(7-12(11)18(2)14(17)19)23(20,21)16-8-9-4-3-5-22-9/h3-7,16H,8H2,1-2H3. The van der Waals surface area contributed by atoms with Gasteiger partial charge in [-0.25, -0.2) is 17.9 Å². The number of aryl methyl sites for hydroxylation is 2. The first kappa shape index (κ1) is 15.9. The predicted molar refractivity (Wildman–Crippen MR) is 85.9 cm³/mol. The van der Waals surface area contributed by atoms with E-state index in [2.05, 4.69) is 4.72 Å². The lowest BCUT2D eigenvalue weighted by molar-refractivity contribution is 0.498. The lowest BCUT2D eigenvalue weighted by Gasteiger charge is -2.08. The molecule has 0 unspecified atom stereocenters. The average Bonchev–Trinajstić information content (AvgIpc) is 3.09. The molecule has 0 aliphatic carbocycles. The van der Waals surface area contributed by atoms with Crippen LogP contribution in [0, 0.1) is 0 Å². The summed E-state index contributed by atoms with van der Waals surface area (Å²) in [6.07, 6.45) is 1.46. The van der Waals surface area contributed by atoms with Gasteiger partial charge in [0.15, 0.2) is 0 Å². The Kier molecular flexibility index (Phi) is 3.83. The summed E-state index contributed by atoms with van der Waals surface area (Å²) < 4.78 is 35.2. The number of aromatic nitrogens is 2. The van der Waals surface area contributed by atoms with Gasteiger partial charge in [-0.05, 0) is 24.3 Å². The van der Waals surface area contributed by atoms with Crippen LogP contribution in [-0.2, 0) is 30.7 Å². The number of imidazole rings is 1. The van der Waals surface area contributed by atoms with E-state index in [0.717, 1.165) is 0 Å². The summed E-state index contributed by atoms with van der Waals surface area (Å²) in [5.74, 6) is 0.484. The van der Waals surface area contributed by atoms with E-state index in [0.29, 0.717) is 16.8 Å². The summed E-state index contributed by atoms with van der Waals surface area (Å²) in [5, 5.41) is 0.0469. The number of nitrogens with one attached hydrogen (secondary N) is 1. The summed E-state index contributed by atoms with van der Waals surface area (Å²) in [6, 6.07) is 6.19. The SMILES string of the molecule is Cn1c(=O)n(C)c2cc(S(=O)(=O)NCc3ccco3)c(Cl)cc21. The Labute approximate surface area is 137 Å². The van der Waals surface area contributed by atoms with Crippen molar-refractivity contribution >= 4 is 32.7 Å². The molecule has 0 aliphatic heterocycles. The second kappa shape index (κ2) is 5.55. The maximum atomic E-state index is 12.5. The molecule has 2 aromatic heterocycles. The summed E-state index contributed by atoms with van der Waals surface area (Å²) in [4.78, 5) is 11.9. The molecule has 3 rings (SSSR count). The maximum Gasteiger partial charge on any atom is 0.328 e. The van der Waals surface area contributed by atoms with Crippen molar-refractivity contribution in [2.24, 2.45) is 14.1 Å². The Bertz CT molecular complexity index is 1030. The van der Waals surface area contributed by atoms with E-state index in [9.17, 15) is 13.2 Å². The zero-order valence-corrected chi connectivity index (χ0v) is 14.0. The zero-order valence-electron chi connectivity index (χ0n) is 12.4. The van der Waals surface area contributed by atoms with E-state index in [1.807, 2.05) is 0 Å². The normalized spacial score (nSPS) is 12.1. The number of hydrogen-bond donors (Lipinski definition) is 1. The highest BCUT2D eigenvalue weighted by atomic mass is 35.5. The second-order valence-corrected chi connectivity index (χ2v) is 7.22. The van der Waals surface area contributed by atoms with Gasteiger partial charge in [-0.3, -0.25) is 9.13 Å². The number of rotatable bonds is 4. The van der Waals surface area contributed by atoms with Crippen molar-refractivity contribution in [2.45, 2.75) is 11.4 Å². The molecule has 23 heavy (non-hydrogen) atoms. The summed E-state index contributed by atoms with van der Waals surface area (Å²) >= 11 is 6.11. The first-order chi connectivity index (χ1) is 10.8. The number of furan rings is 1. The third-order valence-electron chi connectivity index (χ3n) is 3.63. The minimum atomic E-state index is -3.85. The number of fused-ring (bicyclic) bond motifs is 1. The molecule has 0 radical (unpaired) electrons. The molecular weight excluding hydrogens is 342 g/mol. The summed E-state index contributed by atoms with van der Waals surface area (Å²) in [6.45, 7) is 0.0113. The molecule has 0 fully saturated rings. The van der Waals surface area contributed by atoms with Gasteiger partial charge in [-0.2, -0.15) is 0 Å². The van der Waals surface area contributed by atoms with Crippen LogP contribution in [0.2, 0.25) is 5.02 Å². The Morgan fingerprint density at radius 2 is 1.87 bits per heavy atom. The quantitative estimate of drug-likeness (QED) is 0.770. The van der Waals surface area contributed by atoms with Crippen molar-refractivity contribution in [3.8, 4) is 0 Å². The van der Waals surface area contributed by atoms with Gasteiger partial charge >= 0.3 is 5.69 Å². The smallest absolute Gasteiger partial charge is 0.328 e. The van der Waals surface area contributed by atoms with E-state index < -0.39 is 10.0 Å². The molecule has 1 aromatic carbocycles. The van der Waals surface area contributed by atoms with Crippen LogP contribution in [0.15, 0.2) is 44.6 Å². The van der Waals surface area contributed by atoms with Crippen LogP contribution >= 0.6 is 11.6 Å². The predicted octanol–water partition coefficient (Wildman–Crippen LogP) is 1.60. The largest absolute Gasteiger partial charge is 0.468 e. The molecule has 3 aromatic rings. The number of sulfonamides is 1. The van der Waals surface area contributed by atoms with Gasteiger partial charge in [-0.1, -0.05) is 11.6 Å². The van der Waals surface area contributed by atoms with Crippen LogP contribution in [0.5, 0.6) is 0 Å². The monoisotopic (exact) mass is 355 g/mol. The Morgan fingerprint density at radius 3 is 2.48 bits per heavy atom. The fraction of sp³-hybridized carbons (Fsp3) is 0.214. The highest BCUT2D eigenvalue weighted by molar-refractivity contribution is 7.89. The number of hydrogen-bond acceptors (Lipinski definition) is 4. The van der Waals surface area contributed by atoms with Crippen molar-refractivity contribution in [2.75, 3.05) is 0 Å². The molecule has 0 bridgehead atoms. The van der Waals surface area contributed by atoms with Gasteiger partial charge in [0, 0.05) is 14.1 Å². The third-order valence-corrected chi connectivity index (χ3v) is 5.50. The number of benzene rings is 1. The molecule has 1 N–H and O–H groups in total. The van der Waals surface area contributed by atoms with Crippen molar-refractivity contribution in [3.05, 3.63) is 51.8 Å². The molecule has 0 aliphatic rings. The first-order valence-corrected chi connectivity index (χ1v) is 8.54. The van der Waals surface area contributed by atoms with Gasteiger partial charge in [0.25, 0.3) is 0 Å². The Morgan fingerprint density at radius 1 is 1.22 bits per heavy atom. The van der Waals surface area contributed by atoms with E-state index in [1.54, 1.807) is 26.2 Å². The fourth-order valence-electron chi connectivity index (χ4n) is 2.36. The van der Waals surface area contributed by atoms with E-state index in [4.69, 9.17) is 16.0 Å². The lowest BCUT2D eigenvalue weighted by atomic mass is 10.3. The van der Waals surface area contributed by atoms with Gasteiger partial charge < -0.3 is 4.42 Å². The van der Waals surface area contributed by atoms with Crippen LogP contribution in [-0.4, -0.2) is 17.6 Å². The third kappa shape index (κ3) is 2.69. The highest BCUT2D eigenvalue weighted by Gasteiger charge is 2.21. The second-order valence-electron chi connectivity index (χ2n) is 5.08. The molecule has 9 heteroatoms. The van der Waals surface area contributed by atoms with Crippen LogP contribution in [0.3, 0.4) is 0 Å². The molecular formula is C14H14ClN3O4S. The van der Waals surface area contributed by atoms with Crippen molar-refractivity contribution < 1.29 is 12.8 Å². The molecule has 122 valence electrons. The Hall–Kier alpha value is -2.03. The van der Waals surface area contributed by atoms with Gasteiger partial charge in [0.1, 0.15) is 10.7 Å². The molecule has 0 atom stereocenters. The van der Waals surface area contributed by atoms with Crippen molar-refractivity contribution in [1.29, 1.82) is 0 Å². The maximum absolute atomic E-state index is 12.5. The van der Waals surface area contributed by atoms with E-state index in [-0.39, 0.29) is 22.2 Å². The van der Waals surface area contributed by atoms with Gasteiger partial charge in [0.05, 0.1) is 28.9 Å².